The van der Waals surface area contributed by atoms with Crippen LogP contribution in [0.1, 0.15) is 10.5 Å². The van der Waals surface area contributed by atoms with Gasteiger partial charge in [0.25, 0.3) is 5.24 Å². The van der Waals surface area contributed by atoms with Crippen molar-refractivity contribution in [2.24, 2.45) is 0 Å². The number of carbonyl (C=O) groups excluding carboxylic acids is 1. The zero-order chi connectivity index (χ0) is 10.1. The highest BCUT2D eigenvalue weighted by molar-refractivity contribution is 9.10. The van der Waals surface area contributed by atoms with Crippen LogP contribution in [0.3, 0.4) is 0 Å². The van der Waals surface area contributed by atoms with Crippen LogP contribution in [0, 0.1) is 0 Å². The van der Waals surface area contributed by atoms with Crippen molar-refractivity contribution in [1.82, 2.24) is 10.2 Å². The summed E-state index contributed by atoms with van der Waals surface area (Å²) in [6, 6.07) is 7.14. The fourth-order valence-corrected chi connectivity index (χ4v) is 1.58. The highest BCUT2D eigenvalue weighted by Crippen LogP contribution is 2.18. The first kappa shape index (κ1) is 9.55. The number of hydrogen-bond donors (Lipinski definition) is 0. The SMILES string of the molecule is O=C(Cl)c1cc2cc(Br)ccc2nn1. The Kier molecular flexibility index (Phi) is 2.48. The summed E-state index contributed by atoms with van der Waals surface area (Å²) in [5, 5.41) is 7.79. The molecule has 0 amide bonds. The van der Waals surface area contributed by atoms with Crippen LogP contribution < -0.4 is 0 Å². The van der Waals surface area contributed by atoms with Gasteiger partial charge < -0.3 is 0 Å². The minimum Gasteiger partial charge on any atom is -0.274 e. The molecule has 0 unspecified atom stereocenters. The van der Waals surface area contributed by atoms with Crippen molar-refractivity contribution < 1.29 is 4.79 Å². The number of nitrogens with zero attached hydrogens (tertiary/aromatic N) is 2. The van der Waals surface area contributed by atoms with E-state index in [-0.39, 0.29) is 5.69 Å². The van der Waals surface area contributed by atoms with Crippen molar-refractivity contribution in [3.63, 3.8) is 0 Å². The predicted molar refractivity (Wildman–Crippen MR) is 57.4 cm³/mol. The zero-order valence-corrected chi connectivity index (χ0v) is 9.21. The van der Waals surface area contributed by atoms with Crippen molar-refractivity contribution in [2.45, 2.75) is 0 Å². The molecule has 0 aliphatic heterocycles. The first-order valence-corrected chi connectivity index (χ1v) is 4.97. The molecule has 5 heteroatoms. The molecule has 0 saturated heterocycles. The molecule has 3 nitrogen and oxygen atoms in total. The van der Waals surface area contributed by atoms with Gasteiger partial charge in [-0.3, -0.25) is 4.79 Å². The first-order valence-electron chi connectivity index (χ1n) is 3.79. The summed E-state index contributed by atoms with van der Waals surface area (Å²) < 4.78 is 0.922. The molecular weight excluding hydrogens is 267 g/mol. The maximum absolute atomic E-state index is 10.8. The van der Waals surface area contributed by atoms with Crippen molar-refractivity contribution in [1.29, 1.82) is 0 Å². The number of aromatic nitrogens is 2. The summed E-state index contributed by atoms with van der Waals surface area (Å²) in [7, 11) is 0. The van der Waals surface area contributed by atoms with Gasteiger partial charge in [0.2, 0.25) is 0 Å². The lowest BCUT2D eigenvalue weighted by Crippen LogP contribution is -1.96. The number of halogens is 2. The van der Waals surface area contributed by atoms with Crippen molar-refractivity contribution in [3.8, 4) is 0 Å². The average molecular weight is 272 g/mol. The largest absolute Gasteiger partial charge is 0.274 e. The molecule has 2 aromatic rings. The van der Waals surface area contributed by atoms with E-state index in [4.69, 9.17) is 11.6 Å². The summed E-state index contributed by atoms with van der Waals surface area (Å²) in [5.41, 5.74) is 0.895. The molecular formula is C9H4BrClN2O. The second-order valence-corrected chi connectivity index (χ2v) is 3.97. The van der Waals surface area contributed by atoms with E-state index in [1.54, 1.807) is 6.07 Å². The summed E-state index contributed by atoms with van der Waals surface area (Å²) >= 11 is 8.62. The normalized spacial score (nSPS) is 10.4. The lowest BCUT2D eigenvalue weighted by Gasteiger charge is -1.97. The third kappa shape index (κ3) is 1.76. The van der Waals surface area contributed by atoms with Crippen LogP contribution >= 0.6 is 27.5 Å². The Labute approximate surface area is 93.2 Å². The number of carbonyl (C=O) groups is 1. The molecule has 0 aliphatic carbocycles. The Bertz CT molecular complexity index is 515. The van der Waals surface area contributed by atoms with Crippen LogP contribution in [-0.2, 0) is 0 Å². The van der Waals surface area contributed by atoms with Gasteiger partial charge in [-0.05, 0) is 35.9 Å². The molecule has 70 valence electrons. The first-order chi connectivity index (χ1) is 6.66. The monoisotopic (exact) mass is 270 g/mol. The molecule has 1 aromatic heterocycles. The molecule has 0 bridgehead atoms. The molecule has 0 spiro atoms. The Morgan fingerprint density at radius 3 is 2.79 bits per heavy atom. The topological polar surface area (TPSA) is 42.9 Å². The van der Waals surface area contributed by atoms with Crippen LogP contribution in [-0.4, -0.2) is 15.4 Å². The van der Waals surface area contributed by atoms with Gasteiger partial charge >= 0.3 is 0 Å². The van der Waals surface area contributed by atoms with E-state index in [9.17, 15) is 4.79 Å². The lowest BCUT2D eigenvalue weighted by molar-refractivity contribution is 0.107. The molecule has 0 aliphatic rings. The van der Waals surface area contributed by atoms with E-state index in [0.29, 0.717) is 0 Å². The van der Waals surface area contributed by atoms with Gasteiger partial charge in [-0.15, -0.1) is 10.2 Å². The van der Waals surface area contributed by atoms with E-state index in [0.717, 1.165) is 15.4 Å². The number of fused-ring (bicyclic) bond motifs is 1. The number of rotatable bonds is 1. The summed E-state index contributed by atoms with van der Waals surface area (Å²) in [6.45, 7) is 0. The van der Waals surface area contributed by atoms with E-state index >= 15 is 0 Å². The van der Waals surface area contributed by atoms with E-state index in [1.807, 2.05) is 18.2 Å². The maximum Gasteiger partial charge on any atom is 0.272 e. The van der Waals surface area contributed by atoms with Crippen LogP contribution in [0.4, 0.5) is 0 Å². The molecule has 0 atom stereocenters. The van der Waals surface area contributed by atoms with Gasteiger partial charge in [0.15, 0.2) is 0 Å². The quantitative estimate of drug-likeness (QED) is 0.749. The van der Waals surface area contributed by atoms with Crippen LogP contribution in [0.5, 0.6) is 0 Å². The molecule has 0 N–H and O–H groups in total. The van der Waals surface area contributed by atoms with E-state index in [2.05, 4.69) is 26.1 Å². The van der Waals surface area contributed by atoms with Crippen molar-refractivity contribution in [3.05, 3.63) is 34.4 Å². The highest BCUT2D eigenvalue weighted by atomic mass is 79.9. The van der Waals surface area contributed by atoms with E-state index in [1.165, 1.54) is 0 Å². The van der Waals surface area contributed by atoms with Gasteiger partial charge in [0.05, 0.1) is 5.52 Å². The summed E-state index contributed by atoms with van der Waals surface area (Å²) in [5.74, 6) is 0. The molecule has 1 heterocycles. The number of benzene rings is 1. The number of hydrogen-bond acceptors (Lipinski definition) is 3. The van der Waals surface area contributed by atoms with Crippen LogP contribution in [0.15, 0.2) is 28.7 Å². The molecule has 14 heavy (non-hydrogen) atoms. The van der Waals surface area contributed by atoms with Gasteiger partial charge in [0.1, 0.15) is 5.69 Å². The highest BCUT2D eigenvalue weighted by Gasteiger charge is 2.05. The minimum absolute atomic E-state index is 0.164. The maximum atomic E-state index is 10.8. The van der Waals surface area contributed by atoms with Crippen molar-refractivity contribution >= 4 is 43.7 Å². The molecule has 0 saturated carbocycles. The summed E-state index contributed by atoms with van der Waals surface area (Å²) in [4.78, 5) is 10.8. The third-order valence-corrected chi connectivity index (χ3v) is 2.44. The average Bonchev–Trinajstić information content (AvgIpc) is 2.16. The zero-order valence-electron chi connectivity index (χ0n) is 6.87. The third-order valence-electron chi connectivity index (χ3n) is 1.75. The lowest BCUT2D eigenvalue weighted by atomic mass is 10.2. The summed E-state index contributed by atoms with van der Waals surface area (Å²) in [6.07, 6.45) is 0. The fraction of sp³-hybridized carbons (Fsp3) is 0. The second kappa shape index (κ2) is 3.63. The van der Waals surface area contributed by atoms with Gasteiger partial charge in [-0.2, -0.15) is 0 Å². The second-order valence-electron chi connectivity index (χ2n) is 2.71. The predicted octanol–water partition coefficient (Wildman–Crippen LogP) is 2.77. The molecule has 1 aromatic carbocycles. The fourth-order valence-electron chi connectivity index (χ4n) is 1.11. The molecule has 2 rings (SSSR count). The van der Waals surface area contributed by atoms with E-state index < -0.39 is 5.24 Å². The minimum atomic E-state index is -0.598. The Morgan fingerprint density at radius 1 is 1.29 bits per heavy atom. The van der Waals surface area contributed by atoms with Gasteiger partial charge in [-0.25, -0.2) is 0 Å². The van der Waals surface area contributed by atoms with Crippen molar-refractivity contribution in [2.75, 3.05) is 0 Å². The smallest absolute Gasteiger partial charge is 0.272 e. The Hall–Kier alpha value is -1.00. The molecule has 0 fully saturated rings. The van der Waals surface area contributed by atoms with Gasteiger partial charge in [0, 0.05) is 9.86 Å². The Morgan fingerprint density at radius 2 is 2.07 bits per heavy atom. The van der Waals surface area contributed by atoms with Crippen LogP contribution in [0.25, 0.3) is 10.9 Å². The standard InChI is InChI=1S/C9H4BrClN2O/c10-6-1-2-7-5(3-6)4-8(9(11)14)13-12-7/h1-4H. The molecule has 0 radical (unpaired) electrons. The van der Waals surface area contributed by atoms with Crippen LogP contribution in [0.2, 0.25) is 0 Å². The van der Waals surface area contributed by atoms with Gasteiger partial charge in [-0.1, -0.05) is 15.9 Å². The Balaban J connectivity index is 2.69.